The minimum Gasteiger partial charge on any atom is -0.381 e. The minimum absolute atomic E-state index is 0.0463. The van der Waals surface area contributed by atoms with Crippen LogP contribution in [-0.2, 0) is 27.2 Å². The van der Waals surface area contributed by atoms with E-state index < -0.39 is 0 Å². The van der Waals surface area contributed by atoms with Gasteiger partial charge in [-0.3, -0.25) is 9.48 Å². The van der Waals surface area contributed by atoms with Crippen LogP contribution in [0.15, 0.2) is 10.6 Å². The Labute approximate surface area is 176 Å². The number of ether oxygens (including phenoxy) is 2. The molecule has 4 heterocycles. The van der Waals surface area contributed by atoms with Crippen molar-refractivity contribution in [3.8, 4) is 0 Å². The van der Waals surface area contributed by atoms with E-state index in [0.29, 0.717) is 37.2 Å². The Balaban J connectivity index is 1.22. The first kappa shape index (κ1) is 21.0. The summed E-state index contributed by atoms with van der Waals surface area (Å²) in [6, 6.07) is 1.99. The first-order chi connectivity index (χ1) is 14.6. The fraction of sp³-hybridized carbons (Fsp3) is 0.714. The number of carbonyl (C=O) groups excluding carboxylic acids is 1. The fourth-order valence-corrected chi connectivity index (χ4v) is 4.16. The van der Waals surface area contributed by atoms with Crippen molar-refractivity contribution in [2.45, 2.75) is 64.5 Å². The van der Waals surface area contributed by atoms with Crippen molar-refractivity contribution >= 4 is 5.91 Å². The minimum atomic E-state index is 0.0463. The predicted octanol–water partition coefficient (Wildman–Crippen LogP) is 2.03. The molecular formula is C21H31N5O4. The summed E-state index contributed by atoms with van der Waals surface area (Å²) < 4.78 is 18.6. The van der Waals surface area contributed by atoms with Crippen molar-refractivity contribution in [2.75, 3.05) is 32.9 Å². The van der Waals surface area contributed by atoms with Crippen LogP contribution in [0.5, 0.6) is 0 Å². The molecule has 0 saturated carbocycles. The van der Waals surface area contributed by atoms with Crippen molar-refractivity contribution in [1.29, 1.82) is 0 Å². The van der Waals surface area contributed by atoms with E-state index in [0.717, 1.165) is 56.8 Å². The van der Waals surface area contributed by atoms with E-state index in [-0.39, 0.29) is 18.6 Å². The van der Waals surface area contributed by atoms with E-state index in [1.54, 1.807) is 4.68 Å². The van der Waals surface area contributed by atoms with Crippen LogP contribution in [-0.4, -0.2) is 69.7 Å². The van der Waals surface area contributed by atoms with E-state index in [1.807, 2.05) is 24.8 Å². The zero-order valence-corrected chi connectivity index (χ0v) is 17.9. The monoisotopic (exact) mass is 417 g/mol. The highest BCUT2D eigenvalue weighted by Gasteiger charge is 2.25. The molecule has 9 heteroatoms. The third kappa shape index (κ3) is 5.26. The molecule has 0 spiro atoms. The molecule has 2 aliphatic rings. The third-order valence-corrected chi connectivity index (χ3v) is 5.85. The van der Waals surface area contributed by atoms with Gasteiger partial charge in [0.15, 0.2) is 5.82 Å². The maximum Gasteiger partial charge on any atom is 0.244 e. The molecular weight excluding hydrogens is 386 g/mol. The molecule has 2 aliphatic heterocycles. The van der Waals surface area contributed by atoms with Gasteiger partial charge in [0, 0.05) is 44.3 Å². The zero-order chi connectivity index (χ0) is 20.9. The number of likely N-dealkylation sites (tertiary alicyclic amines) is 1. The fourth-order valence-electron chi connectivity index (χ4n) is 4.16. The van der Waals surface area contributed by atoms with E-state index in [2.05, 4.69) is 15.2 Å². The van der Waals surface area contributed by atoms with Gasteiger partial charge in [0.05, 0.1) is 18.4 Å². The summed E-state index contributed by atoms with van der Waals surface area (Å²) in [6.07, 6.45) is 4.43. The molecule has 2 aromatic rings. The van der Waals surface area contributed by atoms with E-state index in [4.69, 9.17) is 14.0 Å². The number of hydrogen-bond donors (Lipinski definition) is 0. The molecule has 2 aromatic heterocycles. The average molecular weight is 418 g/mol. The van der Waals surface area contributed by atoms with Gasteiger partial charge in [-0.1, -0.05) is 5.16 Å². The third-order valence-electron chi connectivity index (χ3n) is 5.85. The normalized spacial score (nSPS) is 20.6. The topological polar surface area (TPSA) is 95.5 Å². The Kier molecular flexibility index (Phi) is 6.79. The Bertz CT molecular complexity index is 842. The quantitative estimate of drug-likeness (QED) is 0.680. The van der Waals surface area contributed by atoms with E-state index in [9.17, 15) is 4.79 Å². The second kappa shape index (κ2) is 9.70. The smallest absolute Gasteiger partial charge is 0.244 e. The summed E-state index contributed by atoms with van der Waals surface area (Å²) in [6.45, 7) is 7.62. The Morgan fingerprint density at radius 2 is 2.10 bits per heavy atom. The van der Waals surface area contributed by atoms with Gasteiger partial charge in [0.2, 0.25) is 11.8 Å². The summed E-state index contributed by atoms with van der Waals surface area (Å²) in [4.78, 5) is 19.1. The number of nitrogens with zero attached hydrogens (tertiary/aromatic N) is 5. The van der Waals surface area contributed by atoms with Crippen LogP contribution >= 0.6 is 0 Å². The highest BCUT2D eigenvalue weighted by molar-refractivity contribution is 5.76. The standard InChI is InChI=1S/C21H31N5O4/c1-15-12-16(2)26(23-15)14-20(27)25-8-3-4-18(13-25)29-11-7-19-22-21(30-24-19)17-5-9-28-10-6-17/h12,17-18H,3-11,13-14H2,1-2H3. The maximum absolute atomic E-state index is 12.7. The van der Waals surface area contributed by atoms with Crippen molar-refractivity contribution in [3.05, 3.63) is 29.2 Å². The molecule has 0 bridgehead atoms. The number of rotatable bonds is 7. The summed E-state index contributed by atoms with van der Waals surface area (Å²) in [7, 11) is 0. The van der Waals surface area contributed by atoms with Gasteiger partial charge in [-0.15, -0.1) is 0 Å². The Hall–Kier alpha value is -2.26. The molecule has 0 radical (unpaired) electrons. The maximum atomic E-state index is 12.7. The van der Waals surface area contributed by atoms with Crippen LogP contribution in [0.2, 0.25) is 0 Å². The summed E-state index contributed by atoms with van der Waals surface area (Å²) in [5.74, 6) is 1.80. The molecule has 0 aromatic carbocycles. The number of aryl methyl sites for hydroxylation is 2. The molecule has 1 atom stereocenters. The number of aromatic nitrogens is 4. The Morgan fingerprint density at radius 1 is 1.27 bits per heavy atom. The molecule has 2 fully saturated rings. The molecule has 0 N–H and O–H groups in total. The molecule has 1 unspecified atom stereocenters. The SMILES string of the molecule is Cc1cc(C)n(CC(=O)N2CCCC(OCCc3noc(C4CCOCC4)n3)C2)n1. The zero-order valence-electron chi connectivity index (χ0n) is 17.9. The van der Waals surface area contributed by atoms with E-state index in [1.165, 1.54) is 0 Å². The van der Waals surface area contributed by atoms with Crippen molar-refractivity contribution in [2.24, 2.45) is 0 Å². The van der Waals surface area contributed by atoms with Gasteiger partial charge in [0.1, 0.15) is 6.54 Å². The molecule has 1 amide bonds. The Morgan fingerprint density at radius 3 is 2.87 bits per heavy atom. The summed E-state index contributed by atoms with van der Waals surface area (Å²) in [5.41, 5.74) is 1.94. The van der Waals surface area contributed by atoms with Crippen LogP contribution in [0.25, 0.3) is 0 Å². The molecule has 30 heavy (non-hydrogen) atoms. The lowest BCUT2D eigenvalue weighted by molar-refractivity contribution is -0.136. The lowest BCUT2D eigenvalue weighted by Crippen LogP contribution is -2.44. The van der Waals surface area contributed by atoms with Gasteiger partial charge in [0.25, 0.3) is 0 Å². The van der Waals surface area contributed by atoms with Gasteiger partial charge < -0.3 is 18.9 Å². The van der Waals surface area contributed by atoms with Gasteiger partial charge in [-0.2, -0.15) is 10.1 Å². The summed E-state index contributed by atoms with van der Waals surface area (Å²) in [5, 5.41) is 8.48. The molecule has 9 nitrogen and oxygen atoms in total. The second-order valence-electron chi connectivity index (χ2n) is 8.25. The van der Waals surface area contributed by atoms with Gasteiger partial charge >= 0.3 is 0 Å². The first-order valence-corrected chi connectivity index (χ1v) is 10.9. The van der Waals surface area contributed by atoms with Crippen LogP contribution in [0.4, 0.5) is 0 Å². The number of piperidine rings is 1. The molecule has 4 rings (SSSR count). The van der Waals surface area contributed by atoms with Crippen LogP contribution in [0, 0.1) is 13.8 Å². The number of amides is 1. The van der Waals surface area contributed by atoms with Crippen molar-refractivity contribution < 1.29 is 18.8 Å². The highest BCUT2D eigenvalue weighted by Crippen LogP contribution is 2.25. The molecule has 2 saturated heterocycles. The van der Waals surface area contributed by atoms with Crippen molar-refractivity contribution in [1.82, 2.24) is 24.8 Å². The van der Waals surface area contributed by atoms with Gasteiger partial charge in [-0.25, -0.2) is 0 Å². The van der Waals surface area contributed by atoms with E-state index >= 15 is 0 Å². The summed E-state index contributed by atoms with van der Waals surface area (Å²) >= 11 is 0. The average Bonchev–Trinajstić information content (AvgIpc) is 3.35. The first-order valence-electron chi connectivity index (χ1n) is 10.9. The molecule has 164 valence electrons. The number of carbonyl (C=O) groups is 1. The number of hydrogen-bond acceptors (Lipinski definition) is 7. The lowest BCUT2D eigenvalue weighted by atomic mass is 10.0. The van der Waals surface area contributed by atoms with Crippen LogP contribution in [0.1, 0.15) is 54.7 Å². The van der Waals surface area contributed by atoms with Gasteiger partial charge in [-0.05, 0) is 45.6 Å². The van der Waals surface area contributed by atoms with Crippen LogP contribution < -0.4 is 0 Å². The largest absolute Gasteiger partial charge is 0.381 e. The predicted molar refractivity (Wildman–Crippen MR) is 108 cm³/mol. The highest BCUT2D eigenvalue weighted by atomic mass is 16.5. The lowest BCUT2D eigenvalue weighted by Gasteiger charge is -2.32. The van der Waals surface area contributed by atoms with Crippen molar-refractivity contribution in [3.63, 3.8) is 0 Å². The molecule has 0 aliphatic carbocycles. The van der Waals surface area contributed by atoms with Crippen LogP contribution in [0.3, 0.4) is 0 Å². The second-order valence-corrected chi connectivity index (χ2v) is 8.25.